The zero-order valence-corrected chi connectivity index (χ0v) is 20.6. The second kappa shape index (κ2) is 9.80. The van der Waals surface area contributed by atoms with E-state index in [1.54, 1.807) is 6.07 Å². The van der Waals surface area contributed by atoms with Crippen LogP contribution in [0.1, 0.15) is 20.7 Å². The number of ether oxygens (including phenoxy) is 2. The third-order valence-corrected chi connectivity index (χ3v) is 5.98. The van der Waals surface area contributed by atoms with E-state index in [1.165, 1.54) is 18.2 Å². The molecule has 2 aromatic rings. The Balaban J connectivity index is 2.22. The van der Waals surface area contributed by atoms with Crippen molar-refractivity contribution < 1.29 is 32.0 Å². The van der Waals surface area contributed by atoms with E-state index >= 15 is 0 Å². The normalized spacial score (nSPS) is 11.1. The first kappa shape index (κ1) is 22.8. The molecule has 0 atom stereocenters. The van der Waals surface area contributed by atoms with Crippen molar-refractivity contribution in [2.45, 2.75) is 0 Å². The molecule has 2 rings (SSSR count). The highest BCUT2D eigenvalue weighted by atomic mass is 127. The van der Waals surface area contributed by atoms with Crippen molar-refractivity contribution in [3.8, 4) is 5.75 Å². The van der Waals surface area contributed by atoms with E-state index in [0.717, 1.165) is 10.7 Å². The molecule has 144 valence electrons. The minimum atomic E-state index is -4.50. The van der Waals surface area contributed by atoms with Crippen LogP contribution in [-0.4, -0.2) is 37.3 Å². The molecule has 11 heteroatoms. The molecule has 0 unspecified atom stereocenters. The average Bonchev–Trinajstić information content (AvgIpc) is 2.56. The van der Waals surface area contributed by atoms with Crippen molar-refractivity contribution >= 4 is 89.8 Å². The van der Waals surface area contributed by atoms with E-state index in [4.69, 9.17) is 9.47 Å². The smallest absolute Gasteiger partial charge is 0.344 e. The quantitative estimate of drug-likeness (QED) is 0.194. The van der Waals surface area contributed by atoms with Gasteiger partial charge in [-0.15, -0.1) is 0 Å². The fraction of sp³-hybridized carbons (Fsp3) is 0.125. The fourth-order valence-corrected chi connectivity index (χ4v) is 6.02. The van der Waals surface area contributed by atoms with Gasteiger partial charge in [-0.1, -0.05) is 12.1 Å². The lowest BCUT2D eigenvalue weighted by Crippen LogP contribution is -2.19. The van der Waals surface area contributed by atoms with Gasteiger partial charge in [0.1, 0.15) is 6.61 Å². The van der Waals surface area contributed by atoms with Crippen molar-refractivity contribution in [2.75, 3.05) is 12.4 Å². The average molecular weight is 727 g/mol. The summed E-state index contributed by atoms with van der Waals surface area (Å²) in [6.07, 6.45) is 0. The molecule has 0 amide bonds. The van der Waals surface area contributed by atoms with Gasteiger partial charge < -0.3 is 14.0 Å². The van der Waals surface area contributed by atoms with Gasteiger partial charge in [-0.2, -0.15) is 0 Å². The predicted octanol–water partition coefficient (Wildman–Crippen LogP) is 3.42. The Morgan fingerprint density at radius 3 is 2.00 bits per heavy atom. The van der Waals surface area contributed by atoms with Crippen LogP contribution in [0.25, 0.3) is 0 Å². The SMILES string of the molecule is O=C(OCCS(=O)(=O)[O-])c1ccccc1C(=O)Oc1c(I)cc(I)cc1I. The molecule has 0 spiro atoms. The van der Waals surface area contributed by atoms with Crippen LogP contribution in [0.4, 0.5) is 0 Å². The largest absolute Gasteiger partial charge is 0.748 e. The zero-order chi connectivity index (χ0) is 20.2. The molecule has 0 saturated carbocycles. The Bertz CT molecular complexity index is 966. The van der Waals surface area contributed by atoms with Crippen LogP contribution >= 0.6 is 67.8 Å². The summed E-state index contributed by atoms with van der Waals surface area (Å²) in [4.78, 5) is 24.7. The van der Waals surface area contributed by atoms with Crippen LogP contribution in [0.3, 0.4) is 0 Å². The van der Waals surface area contributed by atoms with Crippen LogP contribution in [0.2, 0.25) is 0 Å². The number of hydrogen-bond acceptors (Lipinski definition) is 7. The van der Waals surface area contributed by atoms with Gasteiger partial charge in [0.25, 0.3) is 0 Å². The Hall–Kier alpha value is -0.520. The first-order valence-electron chi connectivity index (χ1n) is 7.15. The van der Waals surface area contributed by atoms with Crippen LogP contribution in [0.15, 0.2) is 36.4 Å². The summed E-state index contributed by atoms with van der Waals surface area (Å²) in [5.74, 6) is -2.14. The van der Waals surface area contributed by atoms with Gasteiger partial charge in [0, 0.05) is 3.57 Å². The van der Waals surface area contributed by atoms with Gasteiger partial charge >= 0.3 is 11.9 Å². The summed E-state index contributed by atoms with van der Waals surface area (Å²) < 4.78 is 44.5. The maximum atomic E-state index is 12.6. The summed E-state index contributed by atoms with van der Waals surface area (Å²) in [5.41, 5.74) is -0.112. The van der Waals surface area contributed by atoms with Gasteiger partial charge in [-0.3, -0.25) is 0 Å². The van der Waals surface area contributed by atoms with E-state index in [1.807, 2.05) is 57.3 Å². The molecular weight excluding hydrogens is 717 g/mol. The molecule has 0 aliphatic rings. The molecule has 0 heterocycles. The Morgan fingerprint density at radius 2 is 1.48 bits per heavy atom. The van der Waals surface area contributed by atoms with Gasteiger partial charge in [0.15, 0.2) is 5.75 Å². The van der Waals surface area contributed by atoms with Crippen molar-refractivity contribution in [2.24, 2.45) is 0 Å². The van der Waals surface area contributed by atoms with Crippen LogP contribution in [0, 0.1) is 10.7 Å². The van der Waals surface area contributed by atoms with Crippen molar-refractivity contribution in [1.82, 2.24) is 0 Å². The molecule has 2 aromatic carbocycles. The molecule has 0 aromatic heterocycles. The summed E-state index contributed by atoms with van der Waals surface area (Å²) in [7, 11) is -4.50. The predicted molar refractivity (Wildman–Crippen MR) is 121 cm³/mol. The molecule has 0 aliphatic carbocycles. The molecular formula is C16H10I3O7S-. The maximum absolute atomic E-state index is 12.6. The van der Waals surface area contributed by atoms with Crippen LogP contribution < -0.4 is 4.74 Å². The van der Waals surface area contributed by atoms with Gasteiger partial charge in [-0.25, -0.2) is 18.0 Å². The highest BCUT2D eigenvalue weighted by molar-refractivity contribution is 14.1. The number of carbonyl (C=O) groups excluding carboxylic acids is 2. The summed E-state index contributed by atoms with van der Waals surface area (Å²) in [6, 6.07) is 9.52. The Morgan fingerprint density at radius 1 is 0.963 bits per heavy atom. The van der Waals surface area contributed by atoms with E-state index in [-0.39, 0.29) is 11.1 Å². The molecule has 0 bridgehead atoms. The third-order valence-electron chi connectivity index (χ3n) is 3.09. The summed E-state index contributed by atoms with van der Waals surface area (Å²) in [5, 5.41) is 0. The number of esters is 2. The Labute approximate surface area is 196 Å². The lowest BCUT2D eigenvalue weighted by Gasteiger charge is -2.12. The van der Waals surface area contributed by atoms with Crippen LogP contribution in [0.5, 0.6) is 5.75 Å². The minimum Gasteiger partial charge on any atom is -0.748 e. The fourth-order valence-electron chi connectivity index (χ4n) is 1.93. The standard InChI is InChI=1S/C16H11I3O7S/c17-9-7-12(18)14(13(19)8-9)26-16(21)11-4-2-1-3-10(11)15(20)25-5-6-27(22,23)24/h1-4,7-8H,5-6H2,(H,22,23,24)/p-1. The highest BCUT2D eigenvalue weighted by Gasteiger charge is 2.21. The Kier molecular flexibility index (Phi) is 8.26. The van der Waals surface area contributed by atoms with Gasteiger partial charge in [0.2, 0.25) is 0 Å². The second-order valence-corrected chi connectivity index (χ2v) is 10.1. The maximum Gasteiger partial charge on any atom is 0.344 e. The summed E-state index contributed by atoms with van der Waals surface area (Å²) in [6.45, 7) is -0.596. The van der Waals surface area contributed by atoms with Crippen molar-refractivity contribution in [3.63, 3.8) is 0 Å². The first-order chi connectivity index (χ1) is 12.6. The van der Waals surface area contributed by atoms with Gasteiger partial charge in [-0.05, 0) is 92.0 Å². The van der Waals surface area contributed by atoms with E-state index in [2.05, 4.69) is 22.6 Å². The lowest BCUT2D eigenvalue weighted by molar-refractivity contribution is 0.0518. The highest BCUT2D eigenvalue weighted by Crippen LogP contribution is 2.30. The molecule has 0 N–H and O–H groups in total. The second-order valence-electron chi connectivity index (χ2n) is 5.03. The molecule has 0 radical (unpaired) electrons. The first-order valence-corrected chi connectivity index (χ1v) is 12.0. The minimum absolute atomic E-state index is 0.0300. The molecule has 0 fully saturated rings. The lowest BCUT2D eigenvalue weighted by atomic mass is 10.1. The molecule has 0 saturated heterocycles. The molecule has 27 heavy (non-hydrogen) atoms. The van der Waals surface area contributed by atoms with Crippen LogP contribution in [-0.2, 0) is 14.9 Å². The van der Waals surface area contributed by atoms with E-state index in [9.17, 15) is 22.6 Å². The number of carbonyl (C=O) groups is 2. The van der Waals surface area contributed by atoms with E-state index in [0.29, 0.717) is 5.75 Å². The third kappa shape index (κ3) is 6.79. The monoisotopic (exact) mass is 727 g/mol. The number of halogens is 3. The molecule has 0 aliphatic heterocycles. The molecule has 7 nitrogen and oxygen atoms in total. The summed E-state index contributed by atoms with van der Waals surface area (Å²) >= 11 is 6.24. The van der Waals surface area contributed by atoms with Gasteiger partial charge in [0.05, 0.1) is 34.1 Å². The van der Waals surface area contributed by atoms with Crippen molar-refractivity contribution in [1.29, 1.82) is 0 Å². The number of hydrogen-bond donors (Lipinski definition) is 0. The van der Waals surface area contributed by atoms with Crippen molar-refractivity contribution in [3.05, 3.63) is 58.2 Å². The number of rotatable bonds is 6. The zero-order valence-electron chi connectivity index (χ0n) is 13.3. The van der Waals surface area contributed by atoms with E-state index < -0.39 is 34.4 Å². The number of benzene rings is 2. The topological polar surface area (TPSA) is 110 Å².